The summed E-state index contributed by atoms with van der Waals surface area (Å²) in [7, 11) is 2.81. The summed E-state index contributed by atoms with van der Waals surface area (Å²) in [6.07, 6.45) is -8.35. The van der Waals surface area contributed by atoms with Crippen molar-refractivity contribution in [3.8, 4) is 28.7 Å². The van der Waals surface area contributed by atoms with Gasteiger partial charge in [0, 0.05) is 11.8 Å². The van der Waals surface area contributed by atoms with Gasteiger partial charge in [-0.1, -0.05) is 0 Å². The van der Waals surface area contributed by atoms with E-state index in [2.05, 4.69) is 0 Å². The fourth-order valence-electron chi connectivity index (χ4n) is 6.10. The summed E-state index contributed by atoms with van der Waals surface area (Å²) in [4.78, 5) is 13.3. The first-order valence-corrected chi connectivity index (χ1v) is 12.8. The highest BCUT2D eigenvalue weighted by atomic mass is 16.7. The van der Waals surface area contributed by atoms with Gasteiger partial charge in [-0.3, -0.25) is 4.79 Å². The summed E-state index contributed by atoms with van der Waals surface area (Å²) in [6, 6.07) is 6.73. The molecule has 3 heterocycles. The monoisotopic (exact) mass is 562 g/mol. The molecule has 9 atom stereocenters. The van der Waals surface area contributed by atoms with Crippen LogP contribution < -0.4 is 18.9 Å². The molecule has 0 radical (unpaired) electrons. The number of methoxy groups -OCH3 is 2. The molecule has 13 heteroatoms. The maximum Gasteiger partial charge on any atom is 0.310 e. The van der Waals surface area contributed by atoms with Gasteiger partial charge < -0.3 is 58.7 Å². The lowest BCUT2D eigenvalue weighted by molar-refractivity contribution is -0.317. The van der Waals surface area contributed by atoms with E-state index in [0.29, 0.717) is 28.2 Å². The number of aromatic hydroxyl groups is 1. The van der Waals surface area contributed by atoms with E-state index < -0.39 is 67.1 Å². The maximum absolute atomic E-state index is 13.3. The fourth-order valence-corrected chi connectivity index (χ4v) is 6.10. The van der Waals surface area contributed by atoms with Gasteiger partial charge in [-0.15, -0.1) is 0 Å². The van der Waals surface area contributed by atoms with Crippen LogP contribution >= 0.6 is 0 Å². The van der Waals surface area contributed by atoms with Crippen LogP contribution in [0.15, 0.2) is 24.3 Å². The van der Waals surface area contributed by atoms with Crippen molar-refractivity contribution in [1.82, 2.24) is 0 Å². The molecule has 40 heavy (non-hydrogen) atoms. The van der Waals surface area contributed by atoms with E-state index in [-0.39, 0.29) is 30.6 Å². The molecule has 13 nitrogen and oxygen atoms in total. The van der Waals surface area contributed by atoms with Gasteiger partial charge in [-0.2, -0.15) is 0 Å². The van der Waals surface area contributed by atoms with Crippen LogP contribution in [-0.4, -0.2) is 96.4 Å². The molecule has 4 unspecified atom stereocenters. The summed E-state index contributed by atoms with van der Waals surface area (Å²) in [6.45, 7) is -0.635. The SMILES string of the molecule is COc1cc(C2c3cc4c(cc3[C@@H](O[C@@H]3OC(CO)[C@@H](O)C(O)C3O)[C@H]3COC(=O)[C@H]23)OCO4)cc(OC)c1O. The van der Waals surface area contributed by atoms with Crippen molar-refractivity contribution in [2.24, 2.45) is 11.8 Å². The van der Waals surface area contributed by atoms with Crippen LogP contribution in [0.4, 0.5) is 0 Å². The quantitative estimate of drug-likeness (QED) is 0.295. The predicted octanol–water partition coefficient (Wildman–Crippen LogP) is -0.0696. The molecule has 2 saturated heterocycles. The summed E-state index contributed by atoms with van der Waals surface area (Å²) in [5.41, 5.74) is 1.83. The average molecular weight is 563 g/mol. The third-order valence-corrected chi connectivity index (χ3v) is 8.11. The smallest absolute Gasteiger partial charge is 0.310 e. The second kappa shape index (κ2) is 10.3. The van der Waals surface area contributed by atoms with Gasteiger partial charge in [0.15, 0.2) is 29.3 Å². The van der Waals surface area contributed by atoms with Crippen molar-refractivity contribution < 1.29 is 63.5 Å². The van der Waals surface area contributed by atoms with Gasteiger partial charge in [0.25, 0.3) is 0 Å². The van der Waals surface area contributed by atoms with Crippen LogP contribution in [0.1, 0.15) is 28.7 Å². The van der Waals surface area contributed by atoms with Crippen molar-refractivity contribution >= 4 is 5.97 Å². The largest absolute Gasteiger partial charge is 0.502 e. The maximum atomic E-state index is 13.3. The molecule has 5 N–H and O–H groups in total. The van der Waals surface area contributed by atoms with Crippen molar-refractivity contribution in [3.63, 3.8) is 0 Å². The van der Waals surface area contributed by atoms with E-state index >= 15 is 0 Å². The topological polar surface area (TPSA) is 183 Å². The highest BCUT2D eigenvalue weighted by molar-refractivity contribution is 5.79. The molecule has 0 amide bonds. The number of rotatable bonds is 6. The molecule has 0 spiro atoms. The van der Waals surface area contributed by atoms with Crippen molar-refractivity contribution in [3.05, 3.63) is 41.0 Å². The zero-order valence-corrected chi connectivity index (χ0v) is 21.6. The Morgan fingerprint density at radius 3 is 2.17 bits per heavy atom. The van der Waals surface area contributed by atoms with E-state index in [9.17, 15) is 30.3 Å². The molecule has 1 aliphatic carbocycles. The molecule has 6 rings (SSSR count). The van der Waals surface area contributed by atoms with Crippen LogP contribution in [0.2, 0.25) is 0 Å². The Bertz CT molecular complexity index is 1270. The number of aliphatic hydroxyl groups is 4. The van der Waals surface area contributed by atoms with Crippen molar-refractivity contribution in [2.45, 2.75) is 42.7 Å². The number of phenols is 1. The molecule has 0 aromatic heterocycles. The number of carbonyl (C=O) groups excluding carboxylic acids is 1. The lowest BCUT2D eigenvalue weighted by atomic mass is 9.66. The number of ether oxygens (including phenoxy) is 7. The molecular weight excluding hydrogens is 532 g/mol. The van der Waals surface area contributed by atoms with Crippen LogP contribution in [0.5, 0.6) is 28.7 Å². The number of phenolic OH excluding ortho intramolecular Hbond substituents is 1. The number of aliphatic hydroxyl groups excluding tert-OH is 4. The number of cyclic esters (lactones) is 1. The van der Waals surface area contributed by atoms with Gasteiger partial charge in [0.2, 0.25) is 12.5 Å². The Morgan fingerprint density at radius 1 is 0.900 bits per heavy atom. The molecule has 2 aromatic carbocycles. The van der Waals surface area contributed by atoms with Crippen LogP contribution in [0, 0.1) is 11.8 Å². The minimum absolute atomic E-state index is 0.00309. The summed E-state index contributed by atoms with van der Waals surface area (Å²) in [5, 5.41) is 51.4. The van der Waals surface area contributed by atoms with E-state index in [1.54, 1.807) is 24.3 Å². The lowest BCUT2D eigenvalue weighted by Crippen LogP contribution is -2.59. The molecule has 3 aliphatic heterocycles. The summed E-state index contributed by atoms with van der Waals surface area (Å²) >= 11 is 0. The number of carbonyl (C=O) groups is 1. The van der Waals surface area contributed by atoms with E-state index in [4.69, 9.17) is 33.2 Å². The first-order valence-electron chi connectivity index (χ1n) is 12.8. The third-order valence-electron chi connectivity index (χ3n) is 8.11. The number of fused-ring (bicyclic) bond motifs is 3. The Morgan fingerprint density at radius 2 is 1.55 bits per heavy atom. The van der Waals surface area contributed by atoms with Crippen LogP contribution in [0.25, 0.3) is 0 Å². The number of hydrogen-bond donors (Lipinski definition) is 5. The minimum Gasteiger partial charge on any atom is -0.502 e. The van der Waals surface area contributed by atoms with Crippen molar-refractivity contribution in [2.75, 3.05) is 34.2 Å². The molecule has 0 saturated carbocycles. The molecule has 4 aliphatic rings. The van der Waals surface area contributed by atoms with Gasteiger partial charge in [0.1, 0.15) is 24.4 Å². The van der Waals surface area contributed by atoms with Crippen LogP contribution in [0.3, 0.4) is 0 Å². The normalized spacial score (nSPS) is 34.1. The lowest BCUT2D eigenvalue weighted by Gasteiger charge is -2.44. The zero-order chi connectivity index (χ0) is 28.3. The standard InChI is InChI=1S/C27H30O13/c1-34-16-3-10(4-17(35-2)21(16)29)19-11-5-14-15(38-9-37-14)6-12(11)25(13-8-36-26(33)20(13)19)40-27-24(32)23(31)22(30)18(7-28)39-27/h3-6,13,18-20,22-25,27-32H,7-9H2,1-2H3/t13-,18?,19?,20-,22+,23?,24?,25+,27-/m0/s1. The highest BCUT2D eigenvalue weighted by Gasteiger charge is 2.55. The number of hydrogen-bond acceptors (Lipinski definition) is 13. The summed E-state index contributed by atoms with van der Waals surface area (Å²) in [5.74, 6) is -1.43. The molecule has 0 bridgehead atoms. The van der Waals surface area contributed by atoms with Gasteiger partial charge in [-0.05, 0) is 41.0 Å². The minimum atomic E-state index is -1.64. The van der Waals surface area contributed by atoms with Crippen molar-refractivity contribution in [1.29, 1.82) is 0 Å². The van der Waals surface area contributed by atoms with E-state index in [0.717, 1.165) is 0 Å². The number of benzene rings is 2. The third kappa shape index (κ3) is 4.12. The first-order chi connectivity index (χ1) is 19.3. The average Bonchev–Trinajstić information content (AvgIpc) is 3.58. The highest BCUT2D eigenvalue weighted by Crippen LogP contribution is 2.57. The Kier molecular flexibility index (Phi) is 6.89. The van der Waals surface area contributed by atoms with Gasteiger partial charge in [-0.25, -0.2) is 0 Å². The van der Waals surface area contributed by atoms with Gasteiger partial charge in [0.05, 0.1) is 39.5 Å². The first kappa shape index (κ1) is 26.9. The molecule has 2 fully saturated rings. The Labute approximate surface area is 228 Å². The van der Waals surface area contributed by atoms with Gasteiger partial charge >= 0.3 is 5.97 Å². The van der Waals surface area contributed by atoms with E-state index in [1.165, 1.54) is 14.2 Å². The van der Waals surface area contributed by atoms with E-state index in [1.807, 2.05) is 0 Å². The Balaban J connectivity index is 1.48. The molecule has 2 aromatic rings. The molecular formula is C27H30O13. The number of esters is 1. The second-order valence-corrected chi connectivity index (χ2v) is 10.2. The fraction of sp³-hybridized carbons (Fsp3) is 0.519. The Hall–Kier alpha value is -3.33. The predicted molar refractivity (Wildman–Crippen MR) is 131 cm³/mol. The second-order valence-electron chi connectivity index (χ2n) is 10.2. The molecule has 216 valence electrons. The zero-order valence-electron chi connectivity index (χ0n) is 21.6. The van der Waals surface area contributed by atoms with Crippen LogP contribution in [-0.2, 0) is 19.0 Å². The summed E-state index contributed by atoms with van der Waals surface area (Å²) < 4.78 is 39.4.